The molecule has 0 saturated carbocycles. The van der Waals surface area contributed by atoms with Gasteiger partial charge in [0.05, 0.1) is 14.7 Å². The summed E-state index contributed by atoms with van der Waals surface area (Å²) in [7, 11) is 0. The van der Waals surface area contributed by atoms with Crippen LogP contribution in [0.4, 0.5) is 0 Å². The Hall–Kier alpha value is -0.190. The van der Waals surface area contributed by atoms with Crippen LogP contribution >= 0.6 is 27.3 Å². The molecule has 4 heteroatoms. The molecule has 0 bridgehead atoms. The van der Waals surface area contributed by atoms with Crippen molar-refractivity contribution in [2.24, 2.45) is 5.92 Å². The maximum atomic E-state index is 12.1. The van der Waals surface area contributed by atoms with E-state index in [4.69, 9.17) is 0 Å². The number of thiophene rings is 1. The molecule has 0 aliphatic rings. The van der Waals surface area contributed by atoms with Crippen LogP contribution in [0.5, 0.6) is 0 Å². The lowest BCUT2D eigenvalue weighted by Gasteiger charge is -2.19. The zero-order chi connectivity index (χ0) is 11.4. The van der Waals surface area contributed by atoms with Gasteiger partial charge in [-0.1, -0.05) is 20.8 Å². The van der Waals surface area contributed by atoms with Crippen molar-refractivity contribution >= 4 is 33.0 Å². The molecule has 1 N–H and O–H groups in total. The van der Waals surface area contributed by atoms with Gasteiger partial charge in [0.25, 0.3) is 0 Å². The van der Waals surface area contributed by atoms with Crippen LogP contribution in [0, 0.1) is 5.92 Å². The Kier molecular flexibility index (Phi) is 4.96. The molecule has 2 nitrogen and oxygen atoms in total. The fourth-order valence-electron chi connectivity index (χ4n) is 1.45. The Labute approximate surface area is 103 Å². The minimum absolute atomic E-state index is 0.0689. The van der Waals surface area contributed by atoms with Gasteiger partial charge in [0.2, 0.25) is 0 Å². The van der Waals surface area contributed by atoms with Crippen LogP contribution in [-0.4, -0.2) is 18.4 Å². The molecule has 0 aliphatic heterocycles. The van der Waals surface area contributed by atoms with Crippen molar-refractivity contribution in [2.75, 3.05) is 6.54 Å². The molecule has 1 unspecified atom stereocenters. The first-order chi connectivity index (χ1) is 7.06. The van der Waals surface area contributed by atoms with Crippen LogP contribution in [0.25, 0.3) is 0 Å². The number of carbonyl (C=O) groups is 1. The number of carbonyl (C=O) groups excluding carboxylic acids is 1. The van der Waals surface area contributed by atoms with Crippen LogP contribution < -0.4 is 5.32 Å². The van der Waals surface area contributed by atoms with Gasteiger partial charge in [0.1, 0.15) is 0 Å². The van der Waals surface area contributed by atoms with Gasteiger partial charge in [-0.2, -0.15) is 0 Å². The number of nitrogens with one attached hydrogen (secondary N) is 1. The van der Waals surface area contributed by atoms with E-state index < -0.39 is 0 Å². The first kappa shape index (κ1) is 12.9. The van der Waals surface area contributed by atoms with E-state index in [0.717, 1.165) is 15.2 Å². The van der Waals surface area contributed by atoms with Gasteiger partial charge in [-0.15, -0.1) is 11.3 Å². The number of hydrogen-bond acceptors (Lipinski definition) is 3. The second-order valence-electron chi connectivity index (χ2n) is 3.75. The third-order valence-electron chi connectivity index (χ3n) is 2.19. The highest BCUT2D eigenvalue weighted by Gasteiger charge is 2.23. The zero-order valence-electron chi connectivity index (χ0n) is 9.21. The Morgan fingerprint density at radius 1 is 1.53 bits per heavy atom. The van der Waals surface area contributed by atoms with E-state index in [2.05, 4.69) is 35.1 Å². The zero-order valence-corrected chi connectivity index (χ0v) is 11.6. The fraction of sp³-hybridized carbons (Fsp3) is 0.545. The second kappa shape index (κ2) is 5.77. The van der Waals surface area contributed by atoms with E-state index in [9.17, 15) is 4.79 Å². The minimum atomic E-state index is -0.0689. The number of Topliss-reactive ketones (excluding diaryl/α,β-unsaturated/α-hetero) is 1. The molecule has 0 aromatic carbocycles. The van der Waals surface area contributed by atoms with Gasteiger partial charge >= 0.3 is 0 Å². The van der Waals surface area contributed by atoms with E-state index in [1.54, 1.807) is 0 Å². The third kappa shape index (κ3) is 3.40. The molecule has 1 heterocycles. The number of hydrogen-bond donors (Lipinski definition) is 1. The highest BCUT2D eigenvalue weighted by molar-refractivity contribution is 9.11. The summed E-state index contributed by atoms with van der Waals surface area (Å²) in [6, 6.07) is 3.73. The largest absolute Gasteiger partial charge is 0.307 e. The lowest BCUT2D eigenvalue weighted by Crippen LogP contribution is -2.40. The van der Waals surface area contributed by atoms with Crippen LogP contribution in [0.15, 0.2) is 15.9 Å². The minimum Gasteiger partial charge on any atom is -0.307 e. The van der Waals surface area contributed by atoms with Crippen molar-refractivity contribution in [1.82, 2.24) is 5.32 Å². The monoisotopic (exact) mass is 289 g/mol. The standard InChI is InChI=1S/C11H16BrNOS/c1-4-13-10(7(2)3)11(14)8-5-6-9(12)15-8/h5-7,10,13H,4H2,1-3H3. The summed E-state index contributed by atoms with van der Waals surface area (Å²) in [6.45, 7) is 6.97. The van der Waals surface area contributed by atoms with Crippen molar-refractivity contribution in [3.05, 3.63) is 20.8 Å². The molecule has 1 aromatic heterocycles. The maximum absolute atomic E-state index is 12.1. The van der Waals surface area contributed by atoms with Gasteiger partial charge in [-0.3, -0.25) is 4.79 Å². The smallest absolute Gasteiger partial charge is 0.189 e. The lowest BCUT2D eigenvalue weighted by molar-refractivity contribution is 0.0922. The molecule has 1 rings (SSSR count). The van der Waals surface area contributed by atoms with Crippen LogP contribution in [0.1, 0.15) is 30.4 Å². The summed E-state index contributed by atoms with van der Waals surface area (Å²) in [4.78, 5) is 12.9. The molecule has 1 aromatic rings. The van der Waals surface area contributed by atoms with Crippen molar-refractivity contribution < 1.29 is 4.79 Å². The molecular formula is C11H16BrNOS. The molecule has 84 valence electrons. The SMILES string of the molecule is CCNC(C(=O)c1ccc(Br)s1)C(C)C. The first-order valence-corrected chi connectivity index (χ1v) is 6.70. The van der Waals surface area contributed by atoms with Gasteiger partial charge in [0, 0.05) is 0 Å². The summed E-state index contributed by atoms with van der Waals surface area (Å²) in [5, 5.41) is 3.23. The number of ketones is 1. The number of likely N-dealkylation sites (N-methyl/N-ethyl adjacent to an activating group) is 1. The predicted octanol–water partition coefficient (Wildman–Crippen LogP) is 3.33. The van der Waals surface area contributed by atoms with Crippen molar-refractivity contribution in [1.29, 1.82) is 0 Å². The molecule has 1 atom stereocenters. The first-order valence-electron chi connectivity index (χ1n) is 5.09. The van der Waals surface area contributed by atoms with E-state index in [0.29, 0.717) is 5.92 Å². The molecule has 0 radical (unpaired) electrons. The van der Waals surface area contributed by atoms with Crippen LogP contribution in [-0.2, 0) is 0 Å². The number of halogens is 1. The fourth-order valence-corrected chi connectivity index (χ4v) is 2.82. The molecule has 15 heavy (non-hydrogen) atoms. The predicted molar refractivity (Wildman–Crippen MR) is 68.7 cm³/mol. The highest BCUT2D eigenvalue weighted by Crippen LogP contribution is 2.24. The van der Waals surface area contributed by atoms with Crippen LogP contribution in [0.2, 0.25) is 0 Å². The van der Waals surface area contributed by atoms with E-state index in [1.165, 1.54) is 11.3 Å². The topological polar surface area (TPSA) is 29.1 Å². The second-order valence-corrected chi connectivity index (χ2v) is 6.21. The quantitative estimate of drug-likeness (QED) is 0.843. The van der Waals surface area contributed by atoms with Gasteiger partial charge < -0.3 is 5.32 Å². The van der Waals surface area contributed by atoms with Gasteiger partial charge in [-0.25, -0.2) is 0 Å². The summed E-state index contributed by atoms with van der Waals surface area (Å²) in [5.74, 6) is 0.515. The summed E-state index contributed by atoms with van der Waals surface area (Å²) in [6.07, 6.45) is 0. The van der Waals surface area contributed by atoms with Gasteiger partial charge in [0.15, 0.2) is 5.78 Å². The Morgan fingerprint density at radius 2 is 2.20 bits per heavy atom. The lowest BCUT2D eigenvalue weighted by atomic mass is 9.99. The average Bonchev–Trinajstić information content (AvgIpc) is 2.59. The Balaban J connectivity index is 2.80. The summed E-state index contributed by atoms with van der Waals surface area (Å²) >= 11 is 4.87. The van der Waals surface area contributed by atoms with E-state index in [-0.39, 0.29) is 11.8 Å². The Morgan fingerprint density at radius 3 is 2.60 bits per heavy atom. The van der Waals surface area contributed by atoms with E-state index in [1.807, 2.05) is 19.1 Å². The number of rotatable bonds is 5. The van der Waals surface area contributed by atoms with Crippen molar-refractivity contribution in [3.63, 3.8) is 0 Å². The Bertz CT molecular complexity index is 335. The van der Waals surface area contributed by atoms with Crippen LogP contribution in [0.3, 0.4) is 0 Å². The molecule has 0 fully saturated rings. The van der Waals surface area contributed by atoms with Crippen molar-refractivity contribution in [3.8, 4) is 0 Å². The van der Waals surface area contributed by atoms with E-state index >= 15 is 0 Å². The summed E-state index contributed by atoms with van der Waals surface area (Å²) in [5.41, 5.74) is 0. The molecule has 0 spiro atoms. The maximum Gasteiger partial charge on any atom is 0.189 e. The molecule has 0 aliphatic carbocycles. The van der Waals surface area contributed by atoms with Gasteiger partial charge in [-0.05, 0) is 40.5 Å². The third-order valence-corrected chi connectivity index (χ3v) is 3.83. The summed E-state index contributed by atoms with van der Waals surface area (Å²) < 4.78 is 1.00. The average molecular weight is 290 g/mol. The normalized spacial score (nSPS) is 13.1. The molecule has 0 saturated heterocycles. The highest BCUT2D eigenvalue weighted by atomic mass is 79.9. The molecular weight excluding hydrogens is 274 g/mol. The molecule has 0 amide bonds. The van der Waals surface area contributed by atoms with Crippen molar-refractivity contribution in [2.45, 2.75) is 26.8 Å².